The maximum atomic E-state index is 11.7. The SMILES string of the molecule is O=C1c2ccccc2C(=O)N1CCCO.O=CCCN1C(=O)c2ccccc2C1=O. The number of benzene rings is 2. The molecule has 0 aromatic heterocycles. The van der Waals surface area contributed by atoms with Crippen LogP contribution >= 0.6 is 0 Å². The Kier molecular flexibility index (Phi) is 6.48. The molecule has 4 amide bonds. The zero-order valence-corrected chi connectivity index (χ0v) is 16.1. The number of imide groups is 2. The predicted octanol–water partition coefficient (Wildman–Crippen LogP) is 1.54. The van der Waals surface area contributed by atoms with E-state index in [0.29, 0.717) is 35.0 Å². The summed E-state index contributed by atoms with van der Waals surface area (Å²) in [5.74, 6) is -1.14. The second-order valence-corrected chi connectivity index (χ2v) is 6.65. The van der Waals surface area contributed by atoms with E-state index in [-0.39, 0.29) is 49.7 Å². The number of aliphatic hydroxyl groups excluding tert-OH is 1. The second-order valence-electron chi connectivity index (χ2n) is 6.65. The average molecular weight is 408 g/mol. The summed E-state index contributed by atoms with van der Waals surface area (Å²) >= 11 is 0. The number of nitrogens with zero attached hydrogens (tertiary/aromatic N) is 2. The van der Waals surface area contributed by atoms with E-state index >= 15 is 0 Å². The largest absolute Gasteiger partial charge is 0.396 e. The number of carbonyl (C=O) groups is 5. The molecule has 0 aliphatic carbocycles. The zero-order valence-electron chi connectivity index (χ0n) is 16.1. The molecule has 0 spiro atoms. The van der Waals surface area contributed by atoms with Crippen molar-refractivity contribution in [3.63, 3.8) is 0 Å². The van der Waals surface area contributed by atoms with Gasteiger partial charge in [0, 0.05) is 26.1 Å². The van der Waals surface area contributed by atoms with E-state index in [4.69, 9.17) is 5.11 Å². The monoisotopic (exact) mass is 408 g/mol. The van der Waals surface area contributed by atoms with Crippen molar-refractivity contribution in [3.8, 4) is 0 Å². The van der Waals surface area contributed by atoms with Crippen LogP contribution in [-0.4, -0.2) is 64.5 Å². The Balaban J connectivity index is 0.000000171. The Morgan fingerprint density at radius 1 is 0.667 bits per heavy atom. The molecular formula is C22H20N2O6. The maximum absolute atomic E-state index is 11.7. The van der Waals surface area contributed by atoms with Crippen molar-refractivity contribution < 1.29 is 29.1 Å². The smallest absolute Gasteiger partial charge is 0.261 e. The number of carbonyl (C=O) groups excluding carboxylic acids is 5. The van der Waals surface area contributed by atoms with Gasteiger partial charge in [0.15, 0.2) is 0 Å². The van der Waals surface area contributed by atoms with Crippen LogP contribution in [0, 0.1) is 0 Å². The highest BCUT2D eigenvalue weighted by molar-refractivity contribution is 6.22. The van der Waals surface area contributed by atoms with Gasteiger partial charge >= 0.3 is 0 Å². The number of hydrogen-bond acceptors (Lipinski definition) is 6. The van der Waals surface area contributed by atoms with Gasteiger partial charge in [-0.15, -0.1) is 0 Å². The molecular weight excluding hydrogens is 388 g/mol. The first-order chi connectivity index (χ1) is 14.5. The molecule has 2 aliphatic heterocycles. The van der Waals surface area contributed by atoms with Crippen LogP contribution in [0.1, 0.15) is 54.3 Å². The van der Waals surface area contributed by atoms with Crippen molar-refractivity contribution in [2.45, 2.75) is 12.8 Å². The minimum absolute atomic E-state index is 0.0204. The Hall–Kier alpha value is -3.65. The molecule has 154 valence electrons. The first kappa shape index (κ1) is 21.1. The first-order valence-corrected chi connectivity index (χ1v) is 9.46. The lowest BCUT2D eigenvalue weighted by Crippen LogP contribution is -2.31. The minimum atomic E-state index is -0.308. The number of amides is 4. The van der Waals surface area contributed by atoms with Crippen molar-refractivity contribution in [3.05, 3.63) is 70.8 Å². The Labute approximate surface area is 172 Å². The van der Waals surface area contributed by atoms with Gasteiger partial charge in [0.05, 0.1) is 22.3 Å². The molecule has 1 N–H and O–H groups in total. The van der Waals surface area contributed by atoms with E-state index in [0.717, 1.165) is 4.90 Å². The van der Waals surface area contributed by atoms with Gasteiger partial charge < -0.3 is 9.90 Å². The third-order valence-electron chi connectivity index (χ3n) is 4.77. The van der Waals surface area contributed by atoms with E-state index in [1.807, 2.05) is 0 Å². The van der Waals surface area contributed by atoms with Crippen LogP contribution < -0.4 is 0 Å². The summed E-state index contributed by atoms with van der Waals surface area (Å²) in [5, 5.41) is 8.67. The minimum Gasteiger partial charge on any atom is -0.396 e. The molecule has 8 nitrogen and oxygen atoms in total. The van der Waals surface area contributed by atoms with Crippen LogP contribution in [0.3, 0.4) is 0 Å². The summed E-state index contributed by atoms with van der Waals surface area (Å²) in [6.45, 7) is 0.423. The molecule has 2 aromatic carbocycles. The number of aldehydes is 1. The molecule has 30 heavy (non-hydrogen) atoms. The van der Waals surface area contributed by atoms with E-state index in [1.54, 1.807) is 48.5 Å². The molecule has 0 unspecified atom stereocenters. The summed E-state index contributed by atoms with van der Waals surface area (Å²) < 4.78 is 0. The molecule has 0 radical (unpaired) electrons. The zero-order chi connectivity index (χ0) is 21.7. The third kappa shape index (κ3) is 3.90. The van der Waals surface area contributed by atoms with Crippen molar-refractivity contribution in [1.82, 2.24) is 9.80 Å². The molecule has 0 saturated carbocycles. The predicted molar refractivity (Wildman–Crippen MR) is 106 cm³/mol. The summed E-state index contributed by atoms with van der Waals surface area (Å²) in [5.41, 5.74) is 1.77. The molecule has 2 heterocycles. The highest BCUT2D eigenvalue weighted by Gasteiger charge is 2.35. The van der Waals surface area contributed by atoms with Crippen LogP contribution in [0.15, 0.2) is 48.5 Å². The van der Waals surface area contributed by atoms with E-state index < -0.39 is 0 Å². The number of rotatable bonds is 6. The van der Waals surface area contributed by atoms with Crippen molar-refractivity contribution in [2.75, 3.05) is 19.7 Å². The summed E-state index contributed by atoms with van der Waals surface area (Å²) in [4.78, 5) is 59.4. The van der Waals surface area contributed by atoms with Crippen molar-refractivity contribution >= 4 is 29.9 Å². The maximum Gasteiger partial charge on any atom is 0.261 e. The standard InChI is InChI=1S/C11H11NO3.C11H9NO3/c2*13-7-3-6-12-10(14)8-4-1-2-5-9(8)11(12)15/h1-2,4-5,13H,3,6-7H2;1-2,4-5,7H,3,6H2. The van der Waals surface area contributed by atoms with Gasteiger partial charge in [0.1, 0.15) is 6.29 Å². The van der Waals surface area contributed by atoms with Gasteiger partial charge in [-0.3, -0.25) is 29.0 Å². The lowest BCUT2D eigenvalue weighted by atomic mass is 10.1. The summed E-state index contributed by atoms with van der Waals surface area (Å²) in [6, 6.07) is 13.4. The van der Waals surface area contributed by atoms with Crippen LogP contribution in [0.2, 0.25) is 0 Å². The molecule has 2 aromatic rings. The summed E-state index contributed by atoms with van der Waals surface area (Å²) in [7, 11) is 0. The molecule has 2 aliphatic rings. The highest BCUT2D eigenvalue weighted by Crippen LogP contribution is 2.23. The number of fused-ring (bicyclic) bond motifs is 2. The molecule has 0 saturated heterocycles. The van der Waals surface area contributed by atoms with Crippen LogP contribution in [0.5, 0.6) is 0 Å². The fraction of sp³-hybridized carbons (Fsp3) is 0.227. The lowest BCUT2D eigenvalue weighted by molar-refractivity contribution is -0.107. The van der Waals surface area contributed by atoms with Gasteiger partial charge in [-0.25, -0.2) is 0 Å². The van der Waals surface area contributed by atoms with E-state index in [1.165, 1.54) is 4.90 Å². The Bertz CT molecular complexity index is 946. The van der Waals surface area contributed by atoms with Gasteiger partial charge in [0.2, 0.25) is 0 Å². The fourth-order valence-electron chi connectivity index (χ4n) is 3.30. The fourth-order valence-corrected chi connectivity index (χ4v) is 3.30. The second kappa shape index (κ2) is 9.23. The van der Waals surface area contributed by atoms with Gasteiger partial charge in [-0.1, -0.05) is 24.3 Å². The van der Waals surface area contributed by atoms with E-state index in [9.17, 15) is 24.0 Å². The van der Waals surface area contributed by atoms with Crippen LogP contribution in [0.25, 0.3) is 0 Å². The lowest BCUT2D eigenvalue weighted by Gasteiger charge is -2.11. The van der Waals surface area contributed by atoms with E-state index in [2.05, 4.69) is 0 Å². The van der Waals surface area contributed by atoms with Crippen molar-refractivity contribution in [2.24, 2.45) is 0 Å². The van der Waals surface area contributed by atoms with Crippen LogP contribution in [0.4, 0.5) is 0 Å². The number of aliphatic hydroxyl groups is 1. The van der Waals surface area contributed by atoms with Gasteiger partial charge in [-0.05, 0) is 30.7 Å². The Morgan fingerprint density at radius 3 is 1.37 bits per heavy atom. The normalized spacial score (nSPS) is 14.4. The molecule has 8 heteroatoms. The summed E-state index contributed by atoms with van der Waals surface area (Å²) in [6.07, 6.45) is 1.31. The van der Waals surface area contributed by atoms with Crippen LogP contribution in [-0.2, 0) is 4.79 Å². The number of hydrogen-bond donors (Lipinski definition) is 1. The van der Waals surface area contributed by atoms with Crippen molar-refractivity contribution in [1.29, 1.82) is 0 Å². The topological polar surface area (TPSA) is 112 Å². The molecule has 0 bridgehead atoms. The third-order valence-corrected chi connectivity index (χ3v) is 4.77. The van der Waals surface area contributed by atoms with Gasteiger partial charge in [-0.2, -0.15) is 0 Å². The molecule has 0 atom stereocenters. The molecule has 4 rings (SSSR count). The first-order valence-electron chi connectivity index (χ1n) is 9.46. The molecule has 0 fully saturated rings. The quantitative estimate of drug-likeness (QED) is 0.573. The van der Waals surface area contributed by atoms with Gasteiger partial charge in [0.25, 0.3) is 23.6 Å². The Morgan fingerprint density at radius 2 is 1.03 bits per heavy atom. The highest BCUT2D eigenvalue weighted by atomic mass is 16.3. The average Bonchev–Trinajstić information content (AvgIpc) is 3.16.